The van der Waals surface area contributed by atoms with Crippen molar-refractivity contribution in [3.05, 3.63) is 59.9 Å². The molecule has 1 unspecified atom stereocenters. The number of halogens is 1. The molecular weight excluding hydrogens is 291 g/mol. The van der Waals surface area contributed by atoms with Gasteiger partial charge in [0.05, 0.1) is 0 Å². The van der Waals surface area contributed by atoms with E-state index in [1.165, 1.54) is 37.0 Å². The third-order valence-electron chi connectivity index (χ3n) is 4.37. The van der Waals surface area contributed by atoms with Crippen molar-refractivity contribution >= 4 is 0 Å². The quantitative estimate of drug-likeness (QED) is 0.903. The van der Waals surface area contributed by atoms with Crippen molar-refractivity contribution in [2.24, 2.45) is 5.73 Å². The Bertz CT molecular complexity index is 606. The van der Waals surface area contributed by atoms with Crippen LogP contribution in [0, 0.1) is 5.82 Å². The molecule has 0 saturated carbocycles. The lowest BCUT2D eigenvalue weighted by Gasteiger charge is -2.34. The van der Waals surface area contributed by atoms with Gasteiger partial charge in [-0.05, 0) is 67.9 Å². The summed E-state index contributed by atoms with van der Waals surface area (Å²) in [6, 6.07) is 14.4. The molecule has 1 fully saturated rings. The highest BCUT2D eigenvalue weighted by molar-refractivity contribution is 5.34. The number of nitrogens with two attached hydrogens (primary N) is 1. The van der Waals surface area contributed by atoms with Crippen LogP contribution in [0.5, 0.6) is 11.5 Å². The molecule has 1 heterocycles. The Kier molecular flexibility index (Phi) is 5.26. The molecule has 122 valence electrons. The third-order valence-corrected chi connectivity index (χ3v) is 4.37. The number of ether oxygens (including phenoxy) is 1. The fraction of sp³-hybridized carbons (Fsp3) is 0.368. The highest BCUT2D eigenvalue weighted by Gasteiger charge is 2.20. The summed E-state index contributed by atoms with van der Waals surface area (Å²) in [5.74, 6) is 1.11. The maximum absolute atomic E-state index is 12.9. The Morgan fingerprint density at radius 1 is 0.913 bits per heavy atom. The molecule has 4 heteroatoms. The van der Waals surface area contributed by atoms with E-state index in [0.717, 1.165) is 18.8 Å². The van der Waals surface area contributed by atoms with E-state index in [4.69, 9.17) is 10.5 Å². The van der Waals surface area contributed by atoms with Crippen LogP contribution in [0.1, 0.15) is 30.9 Å². The van der Waals surface area contributed by atoms with Gasteiger partial charge in [-0.1, -0.05) is 18.6 Å². The van der Waals surface area contributed by atoms with E-state index in [1.54, 1.807) is 12.1 Å². The molecule has 2 aromatic rings. The minimum Gasteiger partial charge on any atom is -0.457 e. The molecule has 1 saturated heterocycles. The largest absolute Gasteiger partial charge is 0.457 e. The standard InChI is InChI=1S/C19H23FN2O/c20-16-6-10-18(11-7-16)23-17-8-4-15(5-9-17)19(14-21)22-12-2-1-3-13-22/h4-11,19H,1-3,12-14,21H2. The molecular formula is C19H23FN2O. The van der Waals surface area contributed by atoms with Crippen molar-refractivity contribution in [3.63, 3.8) is 0 Å². The lowest BCUT2D eigenvalue weighted by molar-refractivity contribution is 0.167. The van der Waals surface area contributed by atoms with Crippen LogP contribution in [0.4, 0.5) is 4.39 Å². The van der Waals surface area contributed by atoms with Gasteiger partial charge in [-0.15, -0.1) is 0 Å². The number of hydrogen-bond donors (Lipinski definition) is 1. The maximum Gasteiger partial charge on any atom is 0.127 e. The first kappa shape index (κ1) is 16.0. The average molecular weight is 314 g/mol. The van der Waals surface area contributed by atoms with Crippen LogP contribution in [-0.2, 0) is 0 Å². The van der Waals surface area contributed by atoms with Gasteiger partial charge in [0.25, 0.3) is 0 Å². The molecule has 0 aromatic heterocycles. The van der Waals surface area contributed by atoms with Crippen LogP contribution in [0.15, 0.2) is 48.5 Å². The summed E-state index contributed by atoms with van der Waals surface area (Å²) < 4.78 is 18.6. The first-order chi connectivity index (χ1) is 11.3. The fourth-order valence-corrected chi connectivity index (χ4v) is 3.12. The van der Waals surface area contributed by atoms with Gasteiger partial charge in [-0.2, -0.15) is 0 Å². The Hall–Kier alpha value is -1.91. The van der Waals surface area contributed by atoms with E-state index in [2.05, 4.69) is 17.0 Å². The van der Waals surface area contributed by atoms with E-state index in [-0.39, 0.29) is 11.9 Å². The number of piperidine rings is 1. The van der Waals surface area contributed by atoms with Crippen LogP contribution in [0.25, 0.3) is 0 Å². The van der Waals surface area contributed by atoms with Crippen LogP contribution >= 0.6 is 0 Å². The van der Waals surface area contributed by atoms with Gasteiger partial charge in [0.15, 0.2) is 0 Å². The second-order valence-corrected chi connectivity index (χ2v) is 5.97. The van der Waals surface area contributed by atoms with Gasteiger partial charge in [0.2, 0.25) is 0 Å². The summed E-state index contributed by atoms with van der Waals surface area (Å²) in [6.07, 6.45) is 3.82. The summed E-state index contributed by atoms with van der Waals surface area (Å²) in [5.41, 5.74) is 7.23. The Labute approximate surface area is 136 Å². The number of benzene rings is 2. The zero-order valence-electron chi connectivity index (χ0n) is 13.2. The lowest BCUT2D eigenvalue weighted by Crippen LogP contribution is -2.37. The first-order valence-electron chi connectivity index (χ1n) is 8.24. The fourth-order valence-electron chi connectivity index (χ4n) is 3.12. The van der Waals surface area contributed by atoms with Crippen LogP contribution in [0.3, 0.4) is 0 Å². The highest BCUT2D eigenvalue weighted by atomic mass is 19.1. The van der Waals surface area contributed by atoms with Gasteiger partial charge in [0.1, 0.15) is 17.3 Å². The van der Waals surface area contributed by atoms with Crippen molar-refractivity contribution in [1.82, 2.24) is 4.90 Å². The molecule has 1 aliphatic rings. The molecule has 1 atom stereocenters. The summed E-state index contributed by atoms with van der Waals surface area (Å²) in [6.45, 7) is 2.86. The zero-order valence-corrected chi connectivity index (χ0v) is 13.2. The molecule has 0 spiro atoms. The highest BCUT2D eigenvalue weighted by Crippen LogP contribution is 2.27. The summed E-state index contributed by atoms with van der Waals surface area (Å²) >= 11 is 0. The number of nitrogens with zero attached hydrogens (tertiary/aromatic N) is 1. The smallest absolute Gasteiger partial charge is 0.127 e. The Morgan fingerprint density at radius 3 is 2.04 bits per heavy atom. The topological polar surface area (TPSA) is 38.5 Å². The number of likely N-dealkylation sites (tertiary alicyclic amines) is 1. The molecule has 0 aliphatic carbocycles. The van der Waals surface area contributed by atoms with E-state index >= 15 is 0 Å². The van der Waals surface area contributed by atoms with Gasteiger partial charge in [0, 0.05) is 12.6 Å². The van der Waals surface area contributed by atoms with Crippen LogP contribution < -0.4 is 10.5 Å². The number of hydrogen-bond acceptors (Lipinski definition) is 3. The zero-order chi connectivity index (χ0) is 16.1. The van der Waals surface area contributed by atoms with Crippen molar-refractivity contribution in [1.29, 1.82) is 0 Å². The predicted octanol–water partition coefficient (Wildman–Crippen LogP) is 4.10. The Balaban J connectivity index is 1.68. The van der Waals surface area contributed by atoms with Crippen molar-refractivity contribution in [2.75, 3.05) is 19.6 Å². The molecule has 2 aromatic carbocycles. The molecule has 0 bridgehead atoms. The van der Waals surface area contributed by atoms with Gasteiger partial charge in [-0.25, -0.2) is 4.39 Å². The molecule has 0 radical (unpaired) electrons. The summed E-state index contributed by atoms with van der Waals surface area (Å²) in [4.78, 5) is 2.47. The first-order valence-corrected chi connectivity index (χ1v) is 8.24. The van der Waals surface area contributed by atoms with Crippen molar-refractivity contribution in [2.45, 2.75) is 25.3 Å². The number of rotatable bonds is 5. The predicted molar refractivity (Wildman–Crippen MR) is 90.1 cm³/mol. The molecule has 1 aliphatic heterocycles. The second kappa shape index (κ2) is 7.57. The molecule has 2 N–H and O–H groups in total. The minimum absolute atomic E-state index is 0.264. The van der Waals surface area contributed by atoms with Gasteiger partial charge >= 0.3 is 0 Å². The summed E-state index contributed by atoms with van der Waals surface area (Å²) in [7, 11) is 0. The second-order valence-electron chi connectivity index (χ2n) is 5.97. The molecule has 3 rings (SSSR count). The average Bonchev–Trinajstić information content (AvgIpc) is 2.60. The van der Waals surface area contributed by atoms with E-state index in [1.807, 2.05) is 12.1 Å². The van der Waals surface area contributed by atoms with E-state index in [9.17, 15) is 4.39 Å². The molecule has 3 nitrogen and oxygen atoms in total. The molecule has 23 heavy (non-hydrogen) atoms. The van der Waals surface area contributed by atoms with Crippen LogP contribution in [0.2, 0.25) is 0 Å². The SMILES string of the molecule is NCC(c1ccc(Oc2ccc(F)cc2)cc1)N1CCCCC1. The monoisotopic (exact) mass is 314 g/mol. The van der Waals surface area contributed by atoms with Crippen molar-refractivity contribution < 1.29 is 9.13 Å². The lowest BCUT2D eigenvalue weighted by atomic mass is 10.0. The van der Waals surface area contributed by atoms with Gasteiger partial charge in [-0.3, -0.25) is 4.90 Å². The molecule has 0 amide bonds. The van der Waals surface area contributed by atoms with E-state index in [0.29, 0.717) is 12.3 Å². The van der Waals surface area contributed by atoms with Crippen LogP contribution in [-0.4, -0.2) is 24.5 Å². The maximum atomic E-state index is 12.9. The Morgan fingerprint density at radius 2 is 1.48 bits per heavy atom. The summed E-state index contributed by atoms with van der Waals surface area (Å²) in [5, 5.41) is 0. The third kappa shape index (κ3) is 4.09. The van der Waals surface area contributed by atoms with Crippen molar-refractivity contribution in [3.8, 4) is 11.5 Å². The normalized spacial score (nSPS) is 17.0. The van der Waals surface area contributed by atoms with E-state index < -0.39 is 0 Å². The minimum atomic E-state index is -0.264. The van der Waals surface area contributed by atoms with Gasteiger partial charge < -0.3 is 10.5 Å².